The van der Waals surface area contributed by atoms with Crippen molar-refractivity contribution in [1.29, 1.82) is 0 Å². The predicted molar refractivity (Wildman–Crippen MR) is 251 cm³/mol. The lowest BCUT2D eigenvalue weighted by molar-refractivity contribution is -0.284. The molecule has 6 aliphatic carbocycles. The Morgan fingerprint density at radius 2 is 1.64 bits per heavy atom. The molecule has 7 aliphatic rings. The molecule has 0 spiro atoms. The van der Waals surface area contributed by atoms with Crippen LogP contribution in [0, 0.1) is 73.9 Å². The van der Waals surface area contributed by atoms with Gasteiger partial charge < -0.3 is 29.3 Å². The molecule has 1 saturated heterocycles. The van der Waals surface area contributed by atoms with Gasteiger partial charge in [-0.1, -0.05) is 60.6 Å². The Hall–Kier alpha value is -3.08. The molecule has 7 fully saturated rings. The molecule has 10 nitrogen and oxygen atoms in total. The van der Waals surface area contributed by atoms with Crippen molar-refractivity contribution < 1.29 is 24.5 Å². The number of imidazole rings is 1. The number of pyridine rings is 1. The first-order chi connectivity index (χ1) is 30.1. The molecule has 3 heterocycles. The third-order valence-corrected chi connectivity index (χ3v) is 21.1. The van der Waals surface area contributed by atoms with E-state index in [0.717, 1.165) is 101 Å². The van der Waals surface area contributed by atoms with Crippen molar-refractivity contribution in [3.63, 3.8) is 0 Å². The number of ether oxygens (including phenoxy) is 1. The van der Waals surface area contributed by atoms with Crippen LogP contribution in [-0.2, 0) is 20.9 Å². The number of aromatic nitrogens is 3. The Morgan fingerprint density at radius 3 is 2.31 bits per heavy atom. The van der Waals surface area contributed by atoms with E-state index in [1.807, 2.05) is 38.4 Å². The van der Waals surface area contributed by atoms with Gasteiger partial charge in [-0.05, 0) is 173 Å². The number of hydrogen-bond donors (Lipinski definition) is 2. The van der Waals surface area contributed by atoms with E-state index >= 15 is 4.79 Å². The fraction of sp³-hybridized carbons (Fsp3) is 0.778. The number of aliphatic hydroxyl groups is 1. The molecule has 0 aromatic carbocycles. The maximum absolute atomic E-state index is 15.9. The van der Waals surface area contributed by atoms with Gasteiger partial charge in [-0.2, -0.15) is 0 Å². The third-order valence-electron chi connectivity index (χ3n) is 21.1. The molecule has 1 aliphatic heterocycles. The van der Waals surface area contributed by atoms with Gasteiger partial charge in [-0.25, -0.2) is 4.98 Å². The minimum atomic E-state index is -0.953. The van der Waals surface area contributed by atoms with Crippen molar-refractivity contribution in [2.75, 3.05) is 27.2 Å². The smallest absolute Gasteiger partial charge is 0.307 e. The number of aliphatic carboxylic acids is 1. The zero-order valence-corrected chi connectivity index (χ0v) is 41.0. The van der Waals surface area contributed by atoms with E-state index in [1.54, 1.807) is 0 Å². The first kappa shape index (κ1) is 46.0. The number of hydrogen-bond acceptors (Lipinski definition) is 7. The summed E-state index contributed by atoms with van der Waals surface area (Å²) in [6.45, 7) is 26.1. The number of carbonyl (C=O) groups excluding carboxylic acids is 1. The second-order valence-corrected chi connectivity index (χ2v) is 24.6. The van der Waals surface area contributed by atoms with Crippen molar-refractivity contribution in [3.8, 4) is 11.3 Å². The fourth-order valence-corrected chi connectivity index (χ4v) is 17.3. The van der Waals surface area contributed by atoms with Crippen molar-refractivity contribution in [2.24, 2.45) is 73.9 Å². The number of carbonyl (C=O) groups is 2. The van der Waals surface area contributed by atoms with Crippen LogP contribution in [0.25, 0.3) is 11.3 Å². The van der Waals surface area contributed by atoms with Crippen LogP contribution < -0.4 is 0 Å². The summed E-state index contributed by atoms with van der Waals surface area (Å²) in [5, 5.41) is 21.3. The van der Waals surface area contributed by atoms with Crippen LogP contribution in [0.3, 0.4) is 0 Å². The summed E-state index contributed by atoms with van der Waals surface area (Å²) in [6.07, 6.45) is 18.0. The molecule has 2 N–H and O–H groups in total. The van der Waals surface area contributed by atoms with E-state index in [2.05, 4.69) is 87.8 Å². The molecule has 6 unspecified atom stereocenters. The fourth-order valence-electron chi connectivity index (χ4n) is 17.3. The molecule has 2 aromatic heterocycles. The minimum Gasteiger partial charge on any atom is -0.481 e. The van der Waals surface area contributed by atoms with E-state index in [1.165, 1.54) is 18.4 Å². The Kier molecular flexibility index (Phi) is 11.5. The highest BCUT2D eigenvalue weighted by molar-refractivity contribution is 5.85. The second kappa shape index (κ2) is 16.0. The van der Waals surface area contributed by atoms with Crippen LogP contribution in [0.1, 0.15) is 151 Å². The highest BCUT2D eigenvalue weighted by Crippen LogP contribution is 2.78. The Balaban J connectivity index is 0.981. The molecule has 64 heavy (non-hydrogen) atoms. The summed E-state index contributed by atoms with van der Waals surface area (Å²) in [7, 11) is 4.23. The van der Waals surface area contributed by atoms with Crippen LogP contribution in [0.5, 0.6) is 0 Å². The molecule has 14 atom stereocenters. The van der Waals surface area contributed by atoms with Crippen LogP contribution >= 0.6 is 0 Å². The maximum Gasteiger partial charge on any atom is 0.307 e. The lowest BCUT2D eigenvalue weighted by Crippen LogP contribution is -2.67. The number of rotatable bonds is 11. The summed E-state index contributed by atoms with van der Waals surface area (Å²) in [5.74, 6) is 2.16. The summed E-state index contributed by atoms with van der Waals surface area (Å²) >= 11 is 0. The zero-order chi connectivity index (χ0) is 45.9. The van der Waals surface area contributed by atoms with Gasteiger partial charge in [-0.15, -0.1) is 0 Å². The lowest BCUT2D eigenvalue weighted by Gasteiger charge is -2.73. The topological polar surface area (TPSA) is 121 Å². The first-order valence-electron chi connectivity index (χ1n) is 25.3. The average Bonchev–Trinajstić information content (AvgIpc) is 3.99. The summed E-state index contributed by atoms with van der Waals surface area (Å²) in [4.78, 5) is 41.9. The number of allylic oxidation sites excluding steroid dienone is 1. The quantitative estimate of drug-likeness (QED) is 0.169. The second-order valence-electron chi connectivity index (χ2n) is 24.6. The average molecular weight is 880 g/mol. The number of carboxylic acids is 1. The van der Waals surface area contributed by atoms with Gasteiger partial charge >= 0.3 is 5.97 Å². The van der Waals surface area contributed by atoms with Crippen LogP contribution in [-0.4, -0.2) is 86.0 Å². The van der Waals surface area contributed by atoms with Crippen molar-refractivity contribution in [3.05, 3.63) is 48.7 Å². The van der Waals surface area contributed by atoms with Crippen molar-refractivity contribution in [1.82, 2.24) is 24.3 Å². The standard InChI is InChI=1S/C54H81N5O5/c1-33(2)35-16-23-54(48(63)59-28-12-13-40(59)45-56-39(34-19-26-55-27-20-34)32-58(45)30-29-57(10)11)25-24-52(8)36(44(35)54)14-15-42-51(7)21-18-43(50(5,6)41(51)17-22-53(42,52)9)64-47(62)38-31-37(46(60)61)49(38,3)4/h19-20,26-27,32,35-38,40-44,47,62H,1,12-18,21-25,28-31H2,2-11H3,(H,60,61)/t35-,36?,37-,38+,40-,41-,42?,43?,44?,47?,51?,52+,53+,54-/m0/s1. The monoisotopic (exact) mass is 880 g/mol. The molecule has 1 amide bonds. The highest BCUT2D eigenvalue weighted by Gasteiger charge is 2.72. The highest BCUT2D eigenvalue weighted by atomic mass is 16.6. The van der Waals surface area contributed by atoms with E-state index in [9.17, 15) is 15.0 Å². The Labute approximate surface area is 384 Å². The Morgan fingerprint density at radius 1 is 0.906 bits per heavy atom. The van der Waals surface area contributed by atoms with Gasteiger partial charge in [-0.3, -0.25) is 14.6 Å². The molecule has 9 rings (SSSR count). The zero-order valence-electron chi connectivity index (χ0n) is 41.0. The van der Waals surface area contributed by atoms with E-state index in [4.69, 9.17) is 9.72 Å². The van der Waals surface area contributed by atoms with Crippen LogP contribution in [0.2, 0.25) is 0 Å². The van der Waals surface area contributed by atoms with Crippen LogP contribution in [0.15, 0.2) is 42.9 Å². The minimum absolute atomic E-state index is 0.0358. The van der Waals surface area contributed by atoms with Gasteiger partial charge in [0.2, 0.25) is 5.91 Å². The van der Waals surface area contributed by atoms with Gasteiger partial charge in [0, 0.05) is 49.7 Å². The summed E-state index contributed by atoms with van der Waals surface area (Å²) in [6, 6.07) is 4.03. The molecule has 0 bridgehead atoms. The number of carboxylic acid groups (broad SMARTS) is 1. The molecule has 6 saturated carbocycles. The summed E-state index contributed by atoms with van der Waals surface area (Å²) in [5.41, 5.74) is 2.64. The lowest BCUT2D eigenvalue weighted by atomic mass is 9.32. The molecular weight excluding hydrogens is 799 g/mol. The Bertz CT molecular complexity index is 2120. The number of fused-ring (bicyclic) bond motifs is 7. The van der Waals surface area contributed by atoms with Gasteiger partial charge in [0.25, 0.3) is 0 Å². The largest absolute Gasteiger partial charge is 0.481 e. The number of likely N-dealkylation sites (tertiary alicyclic amines) is 1. The van der Waals surface area contributed by atoms with Gasteiger partial charge in [0.1, 0.15) is 5.82 Å². The molecule has 352 valence electrons. The van der Waals surface area contributed by atoms with E-state index < -0.39 is 23.6 Å². The van der Waals surface area contributed by atoms with Gasteiger partial charge in [0.15, 0.2) is 6.29 Å². The van der Waals surface area contributed by atoms with Gasteiger partial charge in [0.05, 0.1) is 29.2 Å². The van der Waals surface area contributed by atoms with Crippen molar-refractivity contribution in [2.45, 2.75) is 164 Å². The normalized spacial score (nSPS) is 41.3. The molecular formula is C54H81N5O5. The SMILES string of the molecule is C=C(C)[C@@H]1CC[C@]2(C(=O)N3CCC[C@H]3c3nc(-c4ccncc4)cn3CCN(C)C)CC[C@]3(C)C(CCC4C5(C)CCC(OC(O)[C@H]6C[C@@H](C(=O)O)C6(C)C)C(C)(C)[C@@H]5CC[C@]43C)C12. The number of aliphatic hydroxyl groups excluding tert-OH is 1. The number of amides is 1. The van der Waals surface area contributed by atoms with Crippen molar-refractivity contribution >= 4 is 11.9 Å². The third kappa shape index (κ3) is 6.77. The predicted octanol–water partition coefficient (Wildman–Crippen LogP) is 10.3. The molecule has 10 heteroatoms. The maximum atomic E-state index is 15.9. The molecule has 0 radical (unpaired) electrons. The van der Waals surface area contributed by atoms with E-state index in [-0.39, 0.29) is 45.1 Å². The number of nitrogens with zero attached hydrogens (tertiary/aromatic N) is 5. The van der Waals surface area contributed by atoms with E-state index in [0.29, 0.717) is 41.9 Å². The summed E-state index contributed by atoms with van der Waals surface area (Å²) < 4.78 is 9.02. The van der Waals surface area contributed by atoms with Crippen LogP contribution in [0.4, 0.5) is 0 Å². The molecule has 2 aromatic rings. The first-order valence-corrected chi connectivity index (χ1v) is 25.3. The number of likely N-dealkylation sites (N-methyl/N-ethyl adjacent to an activating group) is 1.